The number of para-hydroxylation sites is 1. The monoisotopic (exact) mass is 282 g/mol. The average molecular weight is 282 g/mol. The number of carbonyl (C=O) groups is 1. The highest BCUT2D eigenvalue weighted by atomic mass is 16.2. The summed E-state index contributed by atoms with van der Waals surface area (Å²) in [6.07, 6.45) is 1.49. The minimum Gasteiger partial charge on any atom is -0.349 e. The third-order valence-electron chi connectivity index (χ3n) is 3.04. The van der Waals surface area contributed by atoms with Gasteiger partial charge in [0.2, 0.25) is 5.91 Å². The van der Waals surface area contributed by atoms with Crippen LogP contribution in [0.1, 0.15) is 11.4 Å². The molecular weight excluding hydrogens is 268 g/mol. The summed E-state index contributed by atoms with van der Waals surface area (Å²) in [5.74, 6) is -0.137. The molecule has 3 rings (SSSR count). The van der Waals surface area contributed by atoms with Crippen LogP contribution in [-0.4, -0.2) is 30.9 Å². The molecule has 2 heterocycles. The summed E-state index contributed by atoms with van der Waals surface area (Å²) < 4.78 is 1.58. The Morgan fingerprint density at radius 3 is 3.00 bits per heavy atom. The van der Waals surface area contributed by atoms with Gasteiger partial charge in [-0.3, -0.25) is 4.79 Å². The first kappa shape index (κ1) is 13.2. The van der Waals surface area contributed by atoms with Crippen molar-refractivity contribution >= 4 is 16.9 Å². The topological polar surface area (TPSA) is 85.6 Å². The minimum atomic E-state index is -0.137. The maximum Gasteiger partial charge on any atom is 0.242 e. The van der Waals surface area contributed by atoms with Crippen molar-refractivity contribution in [2.24, 2.45) is 0 Å². The summed E-state index contributed by atoms with van der Waals surface area (Å²) in [7, 11) is 0. The Hall–Kier alpha value is -2.83. The maximum absolute atomic E-state index is 12.0. The second kappa shape index (κ2) is 5.66. The van der Waals surface area contributed by atoms with Gasteiger partial charge >= 0.3 is 0 Å². The van der Waals surface area contributed by atoms with Crippen LogP contribution in [0.15, 0.2) is 36.7 Å². The van der Waals surface area contributed by atoms with Crippen molar-refractivity contribution in [2.45, 2.75) is 20.0 Å². The molecule has 7 nitrogen and oxygen atoms in total. The quantitative estimate of drug-likeness (QED) is 0.766. The number of rotatable bonds is 4. The van der Waals surface area contributed by atoms with Gasteiger partial charge in [-0.1, -0.05) is 17.3 Å². The van der Waals surface area contributed by atoms with E-state index in [1.807, 2.05) is 37.3 Å². The van der Waals surface area contributed by atoms with Crippen LogP contribution in [0.4, 0.5) is 0 Å². The molecule has 106 valence electrons. The molecule has 21 heavy (non-hydrogen) atoms. The van der Waals surface area contributed by atoms with Crippen molar-refractivity contribution in [3.63, 3.8) is 0 Å². The molecule has 0 fully saturated rings. The lowest BCUT2D eigenvalue weighted by molar-refractivity contribution is -0.122. The lowest BCUT2D eigenvalue weighted by Gasteiger charge is -2.05. The van der Waals surface area contributed by atoms with Gasteiger partial charge in [0, 0.05) is 5.69 Å². The first-order valence-corrected chi connectivity index (χ1v) is 6.55. The number of amides is 1. The van der Waals surface area contributed by atoms with Crippen LogP contribution in [0, 0.1) is 6.92 Å². The van der Waals surface area contributed by atoms with E-state index in [4.69, 9.17) is 0 Å². The van der Waals surface area contributed by atoms with Crippen molar-refractivity contribution in [2.75, 3.05) is 0 Å². The Morgan fingerprint density at radius 2 is 2.14 bits per heavy atom. The predicted octanol–water partition coefficient (Wildman–Crippen LogP) is 0.846. The Bertz CT molecular complexity index is 782. The van der Waals surface area contributed by atoms with Crippen LogP contribution in [0.5, 0.6) is 0 Å². The van der Waals surface area contributed by atoms with Crippen molar-refractivity contribution in [3.05, 3.63) is 48.0 Å². The summed E-state index contributed by atoms with van der Waals surface area (Å²) in [4.78, 5) is 20.1. The Kier molecular flexibility index (Phi) is 3.55. The van der Waals surface area contributed by atoms with Crippen LogP contribution < -0.4 is 5.32 Å². The number of aryl methyl sites for hydroxylation is 1. The van der Waals surface area contributed by atoms with E-state index in [2.05, 4.69) is 25.6 Å². The standard InChI is InChI=1S/C14H14N6O/c1-10-6-11(17-9-16-10)7-15-14(21)8-20-13-5-3-2-4-12(13)18-19-20/h2-6,9H,7-8H2,1H3,(H,15,21). The number of benzene rings is 1. The predicted molar refractivity (Wildman–Crippen MR) is 76.1 cm³/mol. The summed E-state index contributed by atoms with van der Waals surface area (Å²) in [5.41, 5.74) is 3.26. The molecule has 0 radical (unpaired) electrons. The normalized spacial score (nSPS) is 10.7. The third-order valence-corrected chi connectivity index (χ3v) is 3.04. The molecule has 0 saturated heterocycles. The Balaban J connectivity index is 1.64. The van der Waals surface area contributed by atoms with Crippen molar-refractivity contribution in [1.82, 2.24) is 30.3 Å². The number of carbonyl (C=O) groups excluding carboxylic acids is 1. The lowest BCUT2D eigenvalue weighted by atomic mass is 10.3. The largest absolute Gasteiger partial charge is 0.349 e. The Morgan fingerprint density at radius 1 is 1.29 bits per heavy atom. The molecule has 0 atom stereocenters. The summed E-state index contributed by atoms with van der Waals surface area (Å²) >= 11 is 0. The van der Waals surface area contributed by atoms with Gasteiger partial charge in [0.25, 0.3) is 0 Å². The van der Waals surface area contributed by atoms with E-state index in [9.17, 15) is 4.79 Å². The third kappa shape index (κ3) is 3.02. The van der Waals surface area contributed by atoms with E-state index in [0.717, 1.165) is 22.4 Å². The smallest absolute Gasteiger partial charge is 0.242 e. The lowest BCUT2D eigenvalue weighted by Crippen LogP contribution is -2.28. The van der Waals surface area contributed by atoms with Crippen LogP contribution in [-0.2, 0) is 17.9 Å². The van der Waals surface area contributed by atoms with E-state index in [0.29, 0.717) is 6.54 Å². The van der Waals surface area contributed by atoms with Gasteiger partial charge in [0.1, 0.15) is 18.4 Å². The van der Waals surface area contributed by atoms with Crippen LogP contribution >= 0.6 is 0 Å². The number of hydrogen-bond acceptors (Lipinski definition) is 5. The molecule has 2 aromatic heterocycles. The molecule has 0 spiro atoms. The minimum absolute atomic E-state index is 0.130. The molecular formula is C14H14N6O. The maximum atomic E-state index is 12.0. The van der Waals surface area contributed by atoms with Gasteiger partial charge < -0.3 is 5.32 Å². The van der Waals surface area contributed by atoms with Crippen LogP contribution in [0.3, 0.4) is 0 Å². The van der Waals surface area contributed by atoms with E-state index in [-0.39, 0.29) is 12.5 Å². The molecule has 0 aliphatic rings. The zero-order chi connectivity index (χ0) is 14.7. The molecule has 0 aliphatic carbocycles. The van der Waals surface area contributed by atoms with Gasteiger partial charge in [0.05, 0.1) is 17.8 Å². The number of nitrogens with zero attached hydrogens (tertiary/aromatic N) is 5. The van der Waals surface area contributed by atoms with Crippen molar-refractivity contribution in [3.8, 4) is 0 Å². The van der Waals surface area contributed by atoms with Gasteiger partial charge in [0.15, 0.2) is 0 Å². The second-order valence-corrected chi connectivity index (χ2v) is 4.66. The number of nitrogens with one attached hydrogen (secondary N) is 1. The molecule has 0 bridgehead atoms. The highest BCUT2D eigenvalue weighted by Crippen LogP contribution is 2.09. The summed E-state index contributed by atoms with van der Waals surface area (Å²) in [6, 6.07) is 9.37. The summed E-state index contributed by atoms with van der Waals surface area (Å²) in [6.45, 7) is 2.38. The zero-order valence-electron chi connectivity index (χ0n) is 11.5. The van der Waals surface area contributed by atoms with Gasteiger partial charge in [-0.25, -0.2) is 14.6 Å². The van der Waals surface area contributed by atoms with E-state index < -0.39 is 0 Å². The molecule has 1 N–H and O–H groups in total. The van der Waals surface area contributed by atoms with E-state index in [1.165, 1.54) is 6.33 Å². The fourth-order valence-corrected chi connectivity index (χ4v) is 2.02. The first-order valence-electron chi connectivity index (χ1n) is 6.55. The fourth-order valence-electron chi connectivity index (χ4n) is 2.02. The van der Waals surface area contributed by atoms with E-state index in [1.54, 1.807) is 4.68 Å². The van der Waals surface area contributed by atoms with E-state index >= 15 is 0 Å². The fraction of sp³-hybridized carbons (Fsp3) is 0.214. The zero-order valence-corrected chi connectivity index (χ0v) is 11.5. The van der Waals surface area contributed by atoms with Crippen LogP contribution in [0.2, 0.25) is 0 Å². The second-order valence-electron chi connectivity index (χ2n) is 4.66. The molecule has 3 aromatic rings. The number of hydrogen-bond donors (Lipinski definition) is 1. The first-order chi connectivity index (χ1) is 10.2. The van der Waals surface area contributed by atoms with Gasteiger partial charge in [-0.05, 0) is 25.1 Å². The summed E-state index contributed by atoms with van der Waals surface area (Å²) in [5, 5.41) is 10.8. The number of aromatic nitrogens is 5. The van der Waals surface area contributed by atoms with Crippen LogP contribution in [0.25, 0.3) is 11.0 Å². The molecule has 0 unspecified atom stereocenters. The molecule has 7 heteroatoms. The number of fused-ring (bicyclic) bond motifs is 1. The Labute approximate surface area is 121 Å². The highest BCUT2D eigenvalue weighted by Gasteiger charge is 2.08. The SMILES string of the molecule is Cc1cc(CNC(=O)Cn2nnc3ccccc32)ncn1. The molecule has 0 saturated carbocycles. The molecule has 1 aromatic carbocycles. The van der Waals surface area contributed by atoms with Crippen molar-refractivity contribution < 1.29 is 4.79 Å². The van der Waals surface area contributed by atoms with Crippen molar-refractivity contribution in [1.29, 1.82) is 0 Å². The van der Waals surface area contributed by atoms with Gasteiger partial charge in [-0.2, -0.15) is 0 Å². The molecule has 0 aliphatic heterocycles. The average Bonchev–Trinajstić information content (AvgIpc) is 2.89. The van der Waals surface area contributed by atoms with Gasteiger partial charge in [-0.15, -0.1) is 5.10 Å². The molecule has 1 amide bonds. The highest BCUT2D eigenvalue weighted by molar-refractivity contribution is 5.79.